The van der Waals surface area contributed by atoms with Gasteiger partial charge in [0.1, 0.15) is 12.1 Å². The number of amides is 1. The number of aromatic nitrogens is 3. The lowest BCUT2D eigenvalue weighted by Crippen LogP contribution is -2.54. The maximum atomic E-state index is 13.0. The molecule has 1 aliphatic heterocycles. The molecule has 2 aliphatic rings. The van der Waals surface area contributed by atoms with Crippen molar-refractivity contribution in [1.82, 2.24) is 19.4 Å². The van der Waals surface area contributed by atoms with Crippen molar-refractivity contribution in [2.24, 2.45) is 0 Å². The molecule has 0 unspecified atom stereocenters. The van der Waals surface area contributed by atoms with Crippen LogP contribution in [0.3, 0.4) is 0 Å². The summed E-state index contributed by atoms with van der Waals surface area (Å²) in [5, 5.41) is 0. The lowest BCUT2D eigenvalue weighted by Gasteiger charge is -2.43. The Morgan fingerprint density at radius 3 is 3.04 bits per heavy atom. The molecule has 0 N–H and O–H groups in total. The first-order chi connectivity index (χ1) is 11.3. The molecule has 1 amide bonds. The smallest absolute Gasteiger partial charge is 0.254 e. The van der Waals surface area contributed by atoms with Crippen LogP contribution in [0, 0.1) is 0 Å². The molecule has 1 aliphatic carbocycles. The minimum absolute atomic E-state index is 0.0777. The predicted molar refractivity (Wildman–Crippen MR) is 84.4 cm³/mol. The molecule has 3 heterocycles. The molecule has 4 rings (SSSR count). The van der Waals surface area contributed by atoms with Crippen LogP contribution in [0.5, 0.6) is 0 Å². The Kier molecular flexibility index (Phi) is 3.83. The van der Waals surface area contributed by atoms with E-state index in [1.165, 1.54) is 12.8 Å². The lowest BCUT2D eigenvalue weighted by molar-refractivity contribution is -0.0752. The molecule has 0 aromatic carbocycles. The van der Waals surface area contributed by atoms with Crippen LogP contribution in [0.1, 0.15) is 36.0 Å². The van der Waals surface area contributed by atoms with Crippen molar-refractivity contribution in [2.45, 2.75) is 37.8 Å². The van der Waals surface area contributed by atoms with Crippen LogP contribution in [-0.4, -0.2) is 50.6 Å². The fourth-order valence-corrected chi connectivity index (χ4v) is 3.60. The van der Waals surface area contributed by atoms with Crippen molar-refractivity contribution in [3.8, 4) is 5.82 Å². The van der Waals surface area contributed by atoms with Crippen molar-refractivity contribution in [3.63, 3.8) is 0 Å². The molecule has 1 saturated heterocycles. The zero-order valence-corrected chi connectivity index (χ0v) is 13.0. The molecule has 120 valence electrons. The Hall–Kier alpha value is -2.21. The van der Waals surface area contributed by atoms with Crippen LogP contribution in [-0.2, 0) is 4.74 Å². The minimum Gasteiger partial charge on any atom is -0.374 e. The monoisotopic (exact) mass is 312 g/mol. The summed E-state index contributed by atoms with van der Waals surface area (Å²) >= 11 is 0. The van der Waals surface area contributed by atoms with Gasteiger partial charge in [-0.2, -0.15) is 0 Å². The van der Waals surface area contributed by atoms with Crippen molar-refractivity contribution >= 4 is 5.91 Å². The SMILES string of the molecule is O=C(c1ccnc(-n2ccnc2)c1)N1CCO[C@H]2CCCC[C@H]21. The number of imidazole rings is 1. The Labute approximate surface area is 135 Å². The highest BCUT2D eigenvalue weighted by molar-refractivity contribution is 5.94. The van der Waals surface area contributed by atoms with Crippen LogP contribution in [0.15, 0.2) is 37.1 Å². The number of hydrogen-bond acceptors (Lipinski definition) is 4. The third kappa shape index (κ3) is 2.74. The predicted octanol–water partition coefficient (Wildman–Crippen LogP) is 2.05. The van der Waals surface area contributed by atoms with Crippen molar-refractivity contribution in [1.29, 1.82) is 0 Å². The van der Waals surface area contributed by atoms with Gasteiger partial charge in [-0.3, -0.25) is 9.36 Å². The second kappa shape index (κ2) is 6.12. The molecule has 0 radical (unpaired) electrons. The van der Waals surface area contributed by atoms with Gasteiger partial charge in [-0.25, -0.2) is 9.97 Å². The first-order valence-electron chi connectivity index (χ1n) is 8.20. The number of nitrogens with zero attached hydrogens (tertiary/aromatic N) is 4. The van der Waals surface area contributed by atoms with Crippen LogP contribution in [0.25, 0.3) is 5.82 Å². The van der Waals surface area contributed by atoms with E-state index in [9.17, 15) is 4.79 Å². The molecule has 2 atom stereocenters. The van der Waals surface area contributed by atoms with E-state index in [1.807, 2.05) is 17.2 Å². The summed E-state index contributed by atoms with van der Waals surface area (Å²) in [7, 11) is 0. The quantitative estimate of drug-likeness (QED) is 0.851. The van der Waals surface area contributed by atoms with Crippen molar-refractivity contribution < 1.29 is 9.53 Å². The van der Waals surface area contributed by atoms with E-state index in [0.717, 1.165) is 12.8 Å². The Morgan fingerprint density at radius 2 is 2.17 bits per heavy atom. The fraction of sp³-hybridized carbons (Fsp3) is 0.471. The lowest BCUT2D eigenvalue weighted by atomic mass is 9.90. The van der Waals surface area contributed by atoms with Crippen LogP contribution in [0.4, 0.5) is 0 Å². The van der Waals surface area contributed by atoms with E-state index in [4.69, 9.17) is 4.74 Å². The molecule has 2 fully saturated rings. The molecule has 2 aromatic heterocycles. The highest BCUT2D eigenvalue weighted by Crippen LogP contribution is 2.29. The average molecular weight is 312 g/mol. The molecule has 0 spiro atoms. The third-order valence-electron chi connectivity index (χ3n) is 4.75. The first kappa shape index (κ1) is 14.4. The van der Waals surface area contributed by atoms with Gasteiger partial charge in [0.2, 0.25) is 0 Å². The number of rotatable bonds is 2. The normalized spacial score (nSPS) is 24.3. The third-order valence-corrected chi connectivity index (χ3v) is 4.75. The van der Waals surface area contributed by atoms with Crippen LogP contribution < -0.4 is 0 Å². The van der Waals surface area contributed by atoms with E-state index in [0.29, 0.717) is 24.5 Å². The standard InChI is InChI=1S/C17H20N4O2/c22-17(21-9-10-23-15-4-2-1-3-14(15)21)13-5-6-19-16(11-13)20-8-7-18-12-20/h5-8,11-12,14-15H,1-4,9-10H2/t14-,15+/m1/s1. The summed E-state index contributed by atoms with van der Waals surface area (Å²) in [5.74, 6) is 0.788. The summed E-state index contributed by atoms with van der Waals surface area (Å²) in [5.41, 5.74) is 0.676. The average Bonchev–Trinajstić information content (AvgIpc) is 3.15. The van der Waals surface area contributed by atoms with Gasteiger partial charge in [0.15, 0.2) is 0 Å². The Balaban J connectivity index is 1.60. The largest absolute Gasteiger partial charge is 0.374 e. The second-order valence-corrected chi connectivity index (χ2v) is 6.13. The maximum absolute atomic E-state index is 13.0. The molecule has 0 bridgehead atoms. The molecule has 6 heteroatoms. The zero-order chi connectivity index (χ0) is 15.6. The van der Waals surface area contributed by atoms with Gasteiger partial charge in [0, 0.05) is 30.7 Å². The fourth-order valence-electron chi connectivity index (χ4n) is 3.60. The highest BCUT2D eigenvalue weighted by Gasteiger charge is 2.37. The van der Waals surface area contributed by atoms with Gasteiger partial charge in [0.25, 0.3) is 5.91 Å². The zero-order valence-electron chi connectivity index (χ0n) is 13.0. The molecule has 23 heavy (non-hydrogen) atoms. The van der Waals surface area contributed by atoms with Gasteiger partial charge in [-0.1, -0.05) is 12.8 Å². The van der Waals surface area contributed by atoms with E-state index < -0.39 is 0 Å². The van der Waals surface area contributed by atoms with Crippen molar-refractivity contribution in [2.75, 3.05) is 13.2 Å². The van der Waals surface area contributed by atoms with Gasteiger partial charge in [-0.15, -0.1) is 0 Å². The van der Waals surface area contributed by atoms with E-state index in [-0.39, 0.29) is 18.1 Å². The van der Waals surface area contributed by atoms with Crippen LogP contribution >= 0.6 is 0 Å². The summed E-state index contributed by atoms with van der Waals surface area (Å²) in [6.45, 7) is 1.30. The van der Waals surface area contributed by atoms with Crippen LogP contribution in [0.2, 0.25) is 0 Å². The summed E-state index contributed by atoms with van der Waals surface area (Å²) in [6.07, 6.45) is 11.6. The topological polar surface area (TPSA) is 60.2 Å². The van der Waals surface area contributed by atoms with Gasteiger partial charge in [0.05, 0.1) is 18.8 Å². The molecule has 6 nitrogen and oxygen atoms in total. The van der Waals surface area contributed by atoms with Gasteiger partial charge < -0.3 is 9.64 Å². The molecule has 1 saturated carbocycles. The first-order valence-corrected chi connectivity index (χ1v) is 8.20. The van der Waals surface area contributed by atoms with E-state index >= 15 is 0 Å². The summed E-state index contributed by atoms with van der Waals surface area (Å²) in [6, 6.07) is 3.84. The number of hydrogen-bond donors (Lipinski definition) is 0. The molecular formula is C17H20N4O2. The van der Waals surface area contributed by atoms with E-state index in [1.54, 1.807) is 29.4 Å². The van der Waals surface area contributed by atoms with Gasteiger partial charge in [-0.05, 0) is 25.0 Å². The second-order valence-electron chi connectivity index (χ2n) is 6.13. The number of carbonyl (C=O) groups is 1. The summed E-state index contributed by atoms with van der Waals surface area (Å²) in [4.78, 5) is 23.3. The number of fused-ring (bicyclic) bond motifs is 1. The Bertz CT molecular complexity index is 684. The number of ether oxygens (including phenoxy) is 1. The molecular weight excluding hydrogens is 292 g/mol. The van der Waals surface area contributed by atoms with E-state index in [2.05, 4.69) is 9.97 Å². The van der Waals surface area contributed by atoms with Crippen molar-refractivity contribution in [3.05, 3.63) is 42.6 Å². The van der Waals surface area contributed by atoms with Gasteiger partial charge >= 0.3 is 0 Å². The number of pyridine rings is 1. The minimum atomic E-state index is 0.0777. The summed E-state index contributed by atoms with van der Waals surface area (Å²) < 4.78 is 7.67. The Morgan fingerprint density at radius 1 is 1.26 bits per heavy atom. The number of carbonyl (C=O) groups excluding carboxylic acids is 1. The maximum Gasteiger partial charge on any atom is 0.254 e. The number of morpholine rings is 1. The highest BCUT2D eigenvalue weighted by atomic mass is 16.5. The molecule has 2 aromatic rings.